The molecule has 1 aliphatic carbocycles. The molecule has 0 bridgehead atoms. The van der Waals surface area contributed by atoms with E-state index < -0.39 is 0 Å². The molecule has 2 N–H and O–H groups in total. The number of rotatable bonds is 3. The van der Waals surface area contributed by atoms with Crippen LogP contribution in [0.4, 0.5) is 0 Å². The highest BCUT2D eigenvalue weighted by molar-refractivity contribution is 14.1. The van der Waals surface area contributed by atoms with E-state index in [1.807, 2.05) is 22.6 Å². The highest BCUT2D eigenvalue weighted by Crippen LogP contribution is 2.42. The molecule has 19 heavy (non-hydrogen) atoms. The van der Waals surface area contributed by atoms with Gasteiger partial charge in [0, 0.05) is 24.1 Å². The molecule has 0 radical (unpaired) electrons. The monoisotopic (exact) mass is 375 g/mol. The van der Waals surface area contributed by atoms with Crippen molar-refractivity contribution in [2.24, 2.45) is 5.41 Å². The molecule has 1 amide bonds. The highest BCUT2D eigenvalue weighted by Gasteiger charge is 2.49. The molecule has 1 aromatic rings. The van der Waals surface area contributed by atoms with Crippen molar-refractivity contribution in [2.75, 3.05) is 7.11 Å². The van der Waals surface area contributed by atoms with Crippen LogP contribution in [0.15, 0.2) is 18.2 Å². The molecule has 0 aromatic heterocycles. The fourth-order valence-electron chi connectivity index (χ4n) is 2.43. The van der Waals surface area contributed by atoms with Crippen molar-refractivity contribution in [3.05, 3.63) is 27.3 Å². The van der Waals surface area contributed by atoms with Gasteiger partial charge in [0.05, 0.1) is 9.67 Å². The molecular weight excluding hydrogens is 357 g/mol. The van der Waals surface area contributed by atoms with Crippen LogP contribution in [-0.2, 0) is 4.74 Å². The number of hydrogen-bond acceptors (Lipinski definition) is 3. The lowest BCUT2D eigenvalue weighted by molar-refractivity contribution is -0.0942. The Balaban J connectivity index is 2.04. The molecule has 0 saturated heterocycles. The lowest BCUT2D eigenvalue weighted by Gasteiger charge is -2.51. The zero-order valence-corrected chi connectivity index (χ0v) is 13.4. The molecule has 0 spiro atoms. The maximum atomic E-state index is 12.1. The van der Waals surface area contributed by atoms with E-state index in [4.69, 9.17) is 4.74 Å². The van der Waals surface area contributed by atoms with Crippen LogP contribution in [0.5, 0.6) is 5.75 Å². The summed E-state index contributed by atoms with van der Waals surface area (Å²) in [6.07, 6.45) is 1.01. The van der Waals surface area contributed by atoms with Gasteiger partial charge in [-0.25, -0.2) is 0 Å². The van der Waals surface area contributed by atoms with E-state index in [1.54, 1.807) is 19.2 Å². The lowest BCUT2D eigenvalue weighted by Crippen LogP contribution is -2.61. The number of ether oxygens (including phenoxy) is 1. The minimum Gasteiger partial charge on any atom is -0.507 e. The smallest absolute Gasteiger partial charge is 0.251 e. The first kappa shape index (κ1) is 14.6. The SMILES string of the molecule is COC1CC(NC(=O)c2ccc(I)c(O)c2)C1(C)C. The first-order valence-corrected chi connectivity index (χ1v) is 7.26. The topological polar surface area (TPSA) is 58.6 Å². The molecule has 1 aliphatic rings. The van der Waals surface area contributed by atoms with Crippen molar-refractivity contribution in [3.63, 3.8) is 0 Å². The number of amides is 1. The van der Waals surface area contributed by atoms with Gasteiger partial charge in [-0.1, -0.05) is 13.8 Å². The number of halogens is 1. The standard InChI is InChI=1S/C14H18INO3/c1-14(2)11(7-12(14)19-3)16-13(18)8-4-5-9(15)10(17)6-8/h4-6,11-12,17H,7H2,1-3H3,(H,16,18). The molecule has 1 saturated carbocycles. The van der Waals surface area contributed by atoms with Crippen LogP contribution in [-0.4, -0.2) is 30.3 Å². The Morgan fingerprint density at radius 3 is 2.74 bits per heavy atom. The maximum Gasteiger partial charge on any atom is 0.251 e. The Morgan fingerprint density at radius 1 is 1.53 bits per heavy atom. The molecule has 0 aliphatic heterocycles. The number of hydrogen-bond donors (Lipinski definition) is 2. The van der Waals surface area contributed by atoms with Crippen LogP contribution < -0.4 is 5.32 Å². The van der Waals surface area contributed by atoms with E-state index in [0.29, 0.717) is 5.56 Å². The summed E-state index contributed by atoms with van der Waals surface area (Å²) in [6.45, 7) is 4.17. The van der Waals surface area contributed by atoms with Gasteiger partial charge >= 0.3 is 0 Å². The van der Waals surface area contributed by atoms with E-state index in [9.17, 15) is 9.90 Å². The van der Waals surface area contributed by atoms with Gasteiger partial charge < -0.3 is 15.2 Å². The molecule has 2 unspecified atom stereocenters. The molecule has 1 fully saturated rings. The second-order valence-corrected chi connectivity index (χ2v) is 6.64. The fourth-order valence-corrected chi connectivity index (χ4v) is 2.76. The minimum absolute atomic E-state index is 0.0599. The van der Waals surface area contributed by atoms with Crippen LogP contribution in [0.2, 0.25) is 0 Å². The molecule has 5 heteroatoms. The van der Waals surface area contributed by atoms with Crippen LogP contribution in [0.1, 0.15) is 30.6 Å². The number of benzene rings is 1. The first-order valence-electron chi connectivity index (χ1n) is 6.18. The van der Waals surface area contributed by atoms with Crippen molar-refractivity contribution in [1.82, 2.24) is 5.32 Å². The van der Waals surface area contributed by atoms with E-state index in [1.165, 1.54) is 6.07 Å². The Bertz CT molecular complexity index is 501. The minimum atomic E-state index is -0.153. The summed E-state index contributed by atoms with van der Waals surface area (Å²) >= 11 is 2.02. The van der Waals surface area contributed by atoms with Gasteiger partial charge in [-0.3, -0.25) is 4.79 Å². The van der Waals surface area contributed by atoms with Gasteiger partial charge in [0.2, 0.25) is 0 Å². The average Bonchev–Trinajstić information content (AvgIpc) is 2.36. The largest absolute Gasteiger partial charge is 0.507 e. The lowest BCUT2D eigenvalue weighted by atomic mass is 9.64. The van der Waals surface area contributed by atoms with Crippen molar-refractivity contribution < 1.29 is 14.6 Å². The molecule has 4 nitrogen and oxygen atoms in total. The van der Waals surface area contributed by atoms with Gasteiger partial charge in [-0.15, -0.1) is 0 Å². The van der Waals surface area contributed by atoms with E-state index in [2.05, 4.69) is 19.2 Å². The molecule has 0 heterocycles. The Hall–Kier alpha value is -0.820. The predicted octanol–water partition coefficient (Wildman–Crippen LogP) is 2.54. The number of carbonyl (C=O) groups is 1. The van der Waals surface area contributed by atoms with Gasteiger partial charge in [0.1, 0.15) is 5.75 Å². The fraction of sp³-hybridized carbons (Fsp3) is 0.500. The summed E-state index contributed by atoms with van der Waals surface area (Å²) in [5.74, 6) is -0.0183. The van der Waals surface area contributed by atoms with Crippen molar-refractivity contribution in [2.45, 2.75) is 32.4 Å². The zero-order valence-electron chi connectivity index (χ0n) is 11.2. The summed E-state index contributed by atoms with van der Waals surface area (Å²) in [4.78, 5) is 12.1. The summed E-state index contributed by atoms with van der Waals surface area (Å²) in [5.41, 5.74) is 0.421. The third-order valence-corrected chi connectivity index (χ3v) is 4.89. The van der Waals surface area contributed by atoms with Crippen LogP contribution in [0.25, 0.3) is 0 Å². The zero-order chi connectivity index (χ0) is 14.2. The number of phenols is 1. The Labute approximate surface area is 126 Å². The maximum absolute atomic E-state index is 12.1. The van der Waals surface area contributed by atoms with Gasteiger partial charge in [0.15, 0.2) is 0 Å². The summed E-state index contributed by atoms with van der Waals surface area (Å²) in [7, 11) is 1.70. The molecule has 2 atom stereocenters. The second kappa shape index (κ2) is 5.28. The number of methoxy groups -OCH3 is 1. The first-order chi connectivity index (χ1) is 8.86. The van der Waals surface area contributed by atoms with Gasteiger partial charge in [0.25, 0.3) is 5.91 Å². The molecular formula is C14H18INO3. The average molecular weight is 375 g/mol. The molecule has 2 rings (SSSR count). The molecule has 1 aromatic carbocycles. The normalized spacial score (nSPS) is 24.6. The third-order valence-electron chi connectivity index (χ3n) is 3.98. The van der Waals surface area contributed by atoms with Crippen molar-refractivity contribution >= 4 is 28.5 Å². The van der Waals surface area contributed by atoms with E-state index >= 15 is 0 Å². The van der Waals surface area contributed by atoms with Crippen LogP contribution in [0.3, 0.4) is 0 Å². The summed E-state index contributed by atoms with van der Waals surface area (Å²) in [5, 5.41) is 12.6. The summed E-state index contributed by atoms with van der Waals surface area (Å²) < 4.78 is 6.10. The Morgan fingerprint density at radius 2 is 2.21 bits per heavy atom. The van der Waals surface area contributed by atoms with Crippen molar-refractivity contribution in [3.8, 4) is 5.75 Å². The van der Waals surface area contributed by atoms with E-state index in [-0.39, 0.29) is 29.2 Å². The number of phenolic OH excluding ortho intramolecular Hbond substituents is 1. The van der Waals surface area contributed by atoms with E-state index in [0.717, 1.165) is 9.99 Å². The van der Waals surface area contributed by atoms with Crippen molar-refractivity contribution in [1.29, 1.82) is 0 Å². The Kier molecular flexibility index (Phi) is 4.06. The second-order valence-electron chi connectivity index (χ2n) is 5.47. The van der Waals surface area contributed by atoms with Crippen LogP contribution in [0, 0.1) is 8.99 Å². The molecule has 104 valence electrons. The van der Waals surface area contributed by atoms with Crippen LogP contribution >= 0.6 is 22.6 Å². The van der Waals surface area contributed by atoms with Gasteiger partial charge in [-0.05, 0) is 47.2 Å². The third kappa shape index (κ3) is 2.72. The quantitative estimate of drug-likeness (QED) is 0.799. The highest BCUT2D eigenvalue weighted by atomic mass is 127. The number of nitrogens with one attached hydrogen (secondary N) is 1. The predicted molar refractivity (Wildman–Crippen MR) is 81.3 cm³/mol. The number of carbonyl (C=O) groups excluding carboxylic acids is 1. The number of aromatic hydroxyl groups is 1. The van der Waals surface area contributed by atoms with Gasteiger partial charge in [-0.2, -0.15) is 0 Å². The summed E-state index contributed by atoms with van der Waals surface area (Å²) in [6, 6.07) is 5.05.